The molecule has 0 spiro atoms. The smallest absolute Gasteiger partial charge is 1.00 e. The maximum absolute atomic E-state index is 9.26. The van der Waals surface area contributed by atoms with Gasteiger partial charge in [-0.05, 0) is 0 Å². The molecule has 0 heterocycles. The zero-order valence-corrected chi connectivity index (χ0v) is 11.1. The van der Waals surface area contributed by atoms with Crippen LogP contribution < -0.4 is 87.1 Å². The summed E-state index contributed by atoms with van der Waals surface area (Å²) in [5.41, 5.74) is 0. The van der Waals surface area contributed by atoms with Gasteiger partial charge in [0.05, 0.1) is 0 Å². The molecule has 0 aromatic carbocycles. The molecule has 0 atom stereocenters. The van der Waals surface area contributed by atoms with E-state index in [4.69, 9.17) is 0 Å². The second kappa shape index (κ2) is 6.71. The van der Waals surface area contributed by atoms with Crippen LogP contribution in [0.3, 0.4) is 0 Å². The first-order valence-corrected chi connectivity index (χ1v) is 3.70. The summed E-state index contributed by atoms with van der Waals surface area (Å²) in [5, 5.41) is 0. The van der Waals surface area contributed by atoms with Crippen LogP contribution in [0.25, 0.3) is 0 Å². The van der Waals surface area contributed by atoms with E-state index in [0.717, 1.165) is 0 Å². The SMILES string of the molecule is [H-].[H-].[Na+].[Na+].[O-][Cl+3]([O-])([O-])O[Cl+3]([O-])([O-])[O-]. The van der Waals surface area contributed by atoms with E-state index in [0.29, 0.717) is 0 Å². The minimum atomic E-state index is -5.19. The zero-order chi connectivity index (χ0) is 7.71. The summed E-state index contributed by atoms with van der Waals surface area (Å²) in [7, 11) is -10.4. The molecule has 0 N–H and O–H groups in total. The molecule has 0 fully saturated rings. The average Bonchev–Trinajstić information content (AvgIpc) is 1.14. The van der Waals surface area contributed by atoms with E-state index in [-0.39, 0.29) is 62.0 Å². The predicted molar refractivity (Wildman–Crippen MR) is 3.31 cm³/mol. The summed E-state index contributed by atoms with van der Waals surface area (Å²) in [4.78, 5) is 0. The molecule has 0 amide bonds. The van der Waals surface area contributed by atoms with Gasteiger partial charge in [0.2, 0.25) is 20.5 Å². The fourth-order valence-electron chi connectivity index (χ4n) is 0.0875. The van der Waals surface area contributed by atoms with Crippen LogP contribution in [-0.2, 0) is 3.84 Å². The predicted octanol–water partition coefficient (Wildman–Crippen LogP) is -13.0. The van der Waals surface area contributed by atoms with Crippen LogP contribution in [0.5, 0.6) is 0 Å². The normalized spacial score (nSPS) is 11.5. The van der Waals surface area contributed by atoms with Crippen molar-refractivity contribution in [2.75, 3.05) is 0 Å². The Morgan fingerprint density at radius 3 is 0.909 bits per heavy atom. The molecule has 0 saturated carbocycles. The van der Waals surface area contributed by atoms with Crippen molar-refractivity contribution in [2.24, 2.45) is 0 Å². The van der Waals surface area contributed by atoms with Gasteiger partial charge >= 0.3 is 63.0 Å². The second-order valence-electron chi connectivity index (χ2n) is 0.814. The first kappa shape index (κ1) is 19.0. The minimum Gasteiger partial charge on any atom is -1.00 e. The van der Waals surface area contributed by atoms with Gasteiger partial charge in [0.25, 0.3) is 0 Å². The Hall–Kier alpha value is 2.30. The number of hydrogen-bond acceptors (Lipinski definition) is 7. The second-order valence-corrected chi connectivity index (χ2v) is 2.79. The van der Waals surface area contributed by atoms with Gasteiger partial charge in [-0.15, -0.1) is 0 Å². The molecular weight excluding hydrogens is 229 g/mol. The average molecular weight is 231 g/mol. The van der Waals surface area contributed by atoms with E-state index >= 15 is 0 Å². The van der Waals surface area contributed by atoms with E-state index in [2.05, 4.69) is 3.84 Å². The molecule has 0 radical (unpaired) electrons. The van der Waals surface area contributed by atoms with Crippen molar-refractivity contribution in [3.8, 4) is 0 Å². The van der Waals surface area contributed by atoms with Crippen molar-refractivity contribution >= 4 is 0 Å². The summed E-state index contributed by atoms with van der Waals surface area (Å²) in [6, 6.07) is 0. The molecule has 0 aromatic rings. The molecule has 0 aromatic heterocycles. The Labute approximate surface area is 113 Å². The third-order valence-electron chi connectivity index (χ3n) is 0.143. The van der Waals surface area contributed by atoms with Gasteiger partial charge in [-0.25, -0.2) is 0 Å². The largest absolute Gasteiger partial charge is 1.00 e. The first-order valence-electron chi connectivity index (χ1n) is 1.23. The Bertz CT molecular complexity index is 87.6. The van der Waals surface area contributed by atoms with Gasteiger partial charge in [-0.2, -0.15) is 28.0 Å². The summed E-state index contributed by atoms with van der Waals surface area (Å²) in [5.74, 6) is 0. The number of rotatable bonds is 2. The van der Waals surface area contributed by atoms with Crippen LogP contribution in [0.2, 0.25) is 0 Å². The summed E-state index contributed by atoms with van der Waals surface area (Å²) < 4.78 is 57.9. The minimum absolute atomic E-state index is 0. The standard InChI is InChI=1S/Cl2O7.2Na.2H/c3-1(4,5)9-2(6,7)8;;;;/q;2*+1;2*-1. The first-order chi connectivity index (χ1) is 3.71. The maximum Gasteiger partial charge on any atom is 1.00 e. The van der Waals surface area contributed by atoms with Crippen molar-refractivity contribution in [2.45, 2.75) is 0 Å². The van der Waals surface area contributed by atoms with E-state index in [1.54, 1.807) is 0 Å². The Morgan fingerprint density at radius 2 is 0.909 bits per heavy atom. The maximum atomic E-state index is 9.26. The molecule has 0 saturated heterocycles. The van der Waals surface area contributed by atoms with Crippen LogP contribution in [0.1, 0.15) is 2.85 Å². The van der Waals surface area contributed by atoms with Gasteiger partial charge in [0.15, 0.2) is 0 Å². The van der Waals surface area contributed by atoms with Gasteiger partial charge in [-0.1, -0.05) is 0 Å². The van der Waals surface area contributed by atoms with Crippen molar-refractivity contribution in [3.05, 3.63) is 0 Å². The molecule has 7 nitrogen and oxygen atoms in total. The molecule has 0 aliphatic rings. The molecule has 0 aliphatic carbocycles. The molecule has 60 valence electrons. The molecule has 0 unspecified atom stereocenters. The topological polar surface area (TPSA) is 148 Å². The Kier molecular flexibility index (Phi) is 11.6. The van der Waals surface area contributed by atoms with Crippen LogP contribution in [0.15, 0.2) is 0 Å². The van der Waals surface area contributed by atoms with Gasteiger partial charge < -0.3 is 2.85 Å². The van der Waals surface area contributed by atoms with Crippen molar-refractivity contribution in [1.29, 1.82) is 0 Å². The van der Waals surface area contributed by atoms with E-state index in [1.165, 1.54) is 0 Å². The van der Waals surface area contributed by atoms with Crippen molar-refractivity contribution in [3.63, 3.8) is 0 Å². The zero-order valence-electron chi connectivity index (χ0n) is 7.61. The fraction of sp³-hybridized carbons (Fsp3) is 0. The van der Waals surface area contributed by atoms with Gasteiger partial charge in [0, 0.05) is 0 Å². The Morgan fingerprint density at radius 1 is 0.727 bits per heavy atom. The van der Waals surface area contributed by atoms with Crippen molar-refractivity contribution < 1.29 is 114 Å². The summed E-state index contributed by atoms with van der Waals surface area (Å²) in [6.45, 7) is 0. The van der Waals surface area contributed by atoms with Gasteiger partial charge in [0.1, 0.15) is 0 Å². The van der Waals surface area contributed by atoms with E-state index < -0.39 is 20.5 Å². The van der Waals surface area contributed by atoms with E-state index in [1.807, 2.05) is 0 Å². The summed E-state index contributed by atoms with van der Waals surface area (Å²) >= 11 is 0. The van der Waals surface area contributed by atoms with Crippen LogP contribution in [0, 0.1) is 20.5 Å². The van der Waals surface area contributed by atoms with Crippen LogP contribution in [0.4, 0.5) is 0 Å². The monoisotopic (exact) mass is 230 g/mol. The molecule has 0 bridgehead atoms. The molecule has 0 aliphatic heterocycles. The molecular formula is H2Cl2Na2O7. The third kappa shape index (κ3) is 18.9. The van der Waals surface area contributed by atoms with E-state index in [9.17, 15) is 28.0 Å². The molecule has 0 rings (SSSR count). The quantitative estimate of drug-likeness (QED) is 0.428. The van der Waals surface area contributed by atoms with Crippen molar-refractivity contribution in [1.82, 2.24) is 0 Å². The Balaban J connectivity index is -0.0000000533. The fourth-order valence-corrected chi connectivity index (χ4v) is 0.787. The molecule has 11 heavy (non-hydrogen) atoms. The number of halogens is 2. The van der Waals surface area contributed by atoms with Gasteiger partial charge in [-0.3, -0.25) is 0 Å². The third-order valence-corrected chi connectivity index (χ3v) is 1.29. The molecule has 11 heteroatoms. The van der Waals surface area contributed by atoms with Crippen LogP contribution >= 0.6 is 0 Å². The summed E-state index contributed by atoms with van der Waals surface area (Å²) in [6.07, 6.45) is 0. The number of hydrogen-bond donors (Lipinski definition) is 0. The van der Waals surface area contributed by atoms with Crippen LogP contribution in [-0.4, -0.2) is 0 Å².